The monoisotopic (exact) mass is 409 g/mol. The molecule has 0 fully saturated rings. The number of nitrogens with zero attached hydrogens (tertiary/aromatic N) is 2. The van der Waals surface area contributed by atoms with Crippen molar-refractivity contribution in [2.75, 3.05) is 0 Å². The highest BCUT2D eigenvalue weighted by Gasteiger charge is 2.23. The van der Waals surface area contributed by atoms with Gasteiger partial charge in [-0.2, -0.15) is 0 Å². The molecule has 0 saturated heterocycles. The van der Waals surface area contributed by atoms with Gasteiger partial charge >= 0.3 is 5.22 Å². The van der Waals surface area contributed by atoms with E-state index in [9.17, 15) is 17.6 Å². The van der Waals surface area contributed by atoms with Crippen molar-refractivity contribution in [2.24, 2.45) is 0 Å². The summed E-state index contributed by atoms with van der Waals surface area (Å²) in [5.41, 5.74) is 0.719. The number of aromatic nitrogens is 2. The van der Waals surface area contributed by atoms with Crippen LogP contribution in [0.2, 0.25) is 5.02 Å². The first kappa shape index (κ1) is 19.0. The van der Waals surface area contributed by atoms with E-state index in [4.69, 9.17) is 16.0 Å². The van der Waals surface area contributed by atoms with Gasteiger partial charge in [0.25, 0.3) is 5.91 Å². The van der Waals surface area contributed by atoms with E-state index < -0.39 is 26.8 Å². The van der Waals surface area contributed by atoms with Crippen molar-refractivity contribution in [1.82, 2.24) is 15.5 Å². The molecule has 0 aliphatic rings. The van der Waals surface area contributed by atoms with Crippen LogP contribution in [0, 0.1) is 5.82 Å². The lowest BCUT2D eigenvalue weighted by molar-refractivity contribution is 0.0946. The molecule has 0 aliphatic heterocycles. The van der Waals surface area contributed by atoms with Crippen LogP contribution in [0.1, 0.15) is 21.8 Å². The molecule has 3 rings (SSSR count). The molecule has 0 radical (unpaired) electrons. The SMILES string of the molecule is O=C(NCc1nnc(S(=O)(=O)Cc2cccc(Cl)c2)o1)c1ccc(F)cc1. The smallest absolute Gasteiger partial charge is 0.335 e. The van der Waals surface area contributed by atoms with Crippen molar-refractivity contribution in [3.63, 3.8) is 0 Å². The number of benzene rings is 2. The van der Waals surface area contributed by atoms with Crippen LogP contribution < -0.4 is 5.32 Å². The fourth-order valence-electron chi connectivity index (χ4n) is 2.20. The van der Waals surface area contributed by atoms with Crippen molar-refractivity contribution >= 4 is 27.3 Å². The number of sulfone groups is 1. The van der Waals surface area contributed by atoms with E-state index in [1.54, 1.807) is 18.2 Å². The standard InChI is InChI=1S/C17H13ClFN3O4S/c18-13-3-1-2-11(8-13)10-27(24,25)17-22-21-15(26-17)9-20-16(23)12-4-6-14(19)7-5-12/h1-8H,9-10H2,(H,20,23). The zero-order chi connectivity index (χ0) is 19.4. The maximum absolute atomic E-state index is 12.9. The number of amides is 1. The Morgan fingerprint density at radius 3 is 2.59 bits per heavy atom. The summed E-state index contributed by atoms with van der Waals surface area (Å²) in [5, 5.41) is 9.51. The van der Waals surface area contributed by atoms with Gasteiger partial charge in [-0.3, -0.25) is 4.79 Å². The zero-order valence-electron chi connectivity index (χ0n) is 13.7. The van der Waals surface area contributed by atoms with Crippen LogP contribution in [0.4, 0.5) is 4.39 Å². The van der Waals surface area contributed by atoms with Crippen molar-refractivity contribution in [3.8, 4) is 0 Å². The summed E-state index contributed by atoms with van der Waals surface area (Å²) in [7, 11) is -3.86. The van der Waals surface area contributed by atoms with E-state index in [2.05, 4.69) is 15.5 Å². The number of hydrogen-bond donors (Lipinski definition) is 1. The van der Waals surface area contributed by atoms with Crippen molar-refractivity contribution < 1.29 is 22.0 Å². The van der Waals surface area contributed by atoms with Gasteiger partial charge in [0.05, 0.1) is 12.3 Å². The van der Waals surface area contributed by atoms with Gasteiger partial charge in [0.15, 0.2) is 0 Å². The van der Waals surface area contributed by atoms with Gasteiger partial charge < -0.3 is 9.73 Å². The topological polar surface area (TPSA) is 102 Å². The molecule has 0 bridgehead atoms. The lowest BCUT2D eigenvalue weighted by Crippen LogP contribution is -2.22. The minimum absolute atomic E-state index is 0.0740. The molecule has 7 nitrogen and oxygen atoms in total. The second-order valence-corrected chi connectivity index (χ2v) is 7.84. The Bertz CT molecular complexity index is 1070. The number of carbonyl (C=O) groups excluding carboxylic acids is 1. The number of rotatable bonds is 6. The van der Waals surface area contributed by atoms with Gasteiger partial charge in [0, 0.05) is 10.6 Å². The summed E-state index contributed by atoms with van der Waals surface area (Å²) < 4.78 is 42.7. The highest BCUT2D eigenvalue weighted by molar-refractivity contribution is 7.90. The second-order valence-electron chi connectivity index (χ2n) is 5.54. The van der Waals surface area contributed by atoms with Crippen molar-refractivity contribution in [3.05, 3.63) is 76.4 Å². The first-order valence-electron chi connectivity index (χ1n) is 7.67. The Kier molecular flexibility index (Phi) is 5.52. The normalized spacial score (nSPS) is 11.3. The molecule has 1 aromatic heterocycles. The summed E-state index contributed by atoms with van der Waals surface area (Å²) in [6, 6.07) is 11.4. The highest BCUT2D eigenvalue weighted by Crippen LogP contribution is 2.18. The van der Waals surface area contributed by atoms with E-state index in [1.165, 1.54) is 18.2 Å². The maximum Gasteiger partial charge on any atom is 0.335 e. The Labute approximate surface area is 159 Å². The van der Waals surface area contributed by atoms with Gasteiger partial charge in [-0.05, 0) is 42.0 Å². The third-order valence-corrected chi connectivity index (χ3v) is 5.11. The Morgan fingerprint density at radius 1 is 1.15 bits per heavy atom. The van der Waals surface area contributed by atoms with Crippen LogP contribution in [0.5, 0.6) is 0 Å². The van der Waals surface area contributed by atoms with Crippen LogP contribution in [0.3, 0.4) is 0 Å². The molecule has 0 unspecified atom stereocenters. The molecule has 0 aliphatic carbocycles. The Hall–Kier alpha value is -2.78. The van der Waals surface area contributed by atoms with Crippen LogP contribution in [-0.2, 0) is 22.1 Å². The van der Waals surface area contributed by atoms with Crippen LogP contribution in [0.25, 0.3) is 0 Å². The van der Waals surface area contributed by atoms with Gasteiger partial charge in [-0.25, -0.2) is 12.8 Å². The molecular weight excluding hydrogens is 397 g/mol. The molecule has 140 valence electrons. The highest BCUT2D eigenvalue weighted by atomic mass is 35.5. The predicted octanol–water partition coefficient (Wildman–Crippen LogP) is 2.77. The fourth-order valence-corrected chi connectivity index (χ4v) is 3.55. The van der Waals surface area contributed by atoms with Gasteiger partial charge in [0.1, 0.15) is 5.82 Å². The first-order valence-corrected chi connectivity index (χ1v) is 9.70. The van der Waals surface area contributed by atoms with Crippen LogP contribution in [-0.4, -0.2) is 24.5 Å². The largest absolute Gasteiger partial charge is 0.411 e. The molecule has 1 heterocycles. The average Bonchev–Trinajstić information content (AvgIpc) is 3.10. The van der Waals surface area contributed by atoms with Crippen molar-refractivity contribution in [2.45, 2.75) is 17.5 Å². The Morgan fingerprint density at radius 2 is 1.89 bits per heavy atom. The summed E-state index contributed by atoms with van der Waals surface area (Å²) in [6.45, 7) is -0.171. The van der Waals surface area contributed by atoms with E-state index in [1.807, 2.05) is 0 Å². The maximum atomic E-state index is 12.9. The van der Waals surface area contributed by atoms with E-state index in [0.717, 1.165) is 12.1 Å². The summed E-state index contributed by atoms with van der Waals surface area (Å²) in [6.07, 6.45) is 0. The number of carbonyl (C=O) groups is 1. The number of halogens is 2. The molecule has 0 atom stereocenters. The molecule has 2 aromatic carbocycles. The van der Waals surface area contributed by atoms with Gasteiger partial charge in [0.2, 0.25) is 15.7 Å². The quantitative estimate of drug-likeness (QED) is 0.671. The number of hydrogen-bond acceptors (Lipinski definition) is 6. The number of nitrogens with one attached hydrogen (secondary N) is 1. The minimum atomic E-state index is -3.86. The molecule has 1 amide bonds. The third-order valence-electron chi connectivity index (χ3n) is 3.47. The predicted molar refractivity (Wildman–Crippen MR) is 94.2 cm³/mol. The van der Waals surface area contributed by atoms with E-state index in [-0.39, 0.29) is 23.8 Å². The van der Waals surface area contributed by atoms with Gasteiger partial charge in [-0.1, -0.05) is 28.8 Å². The summed E-state index contributed by atoms with van der Waals surface area (Å²) in [4.78, 5) is 12.0. The summed E-state index contributed by atoms with van der Waals surface area (Å²) >= 11 is 5.85. The Balaban J connectivity index is 1.65. The zero-order valence-corrected chi connectivity index (χ0v) is 15.3. The molecule has 10 heteroatoms. The lowest BCUT2D eigenvalue weighted by atomic mass is 10.2. The minimum Gasteiger partial charge on any atom is -0.411 e. The molecule has 3 aromatic rings. The van der Waals surface area contributed by atoms with Crippen LogP contribution >= 0.6 is 11.6 Å². The van der Waals surface area contributed by atoms with Crippen molar-refractivity contribution in [1.29, 1.82) is 0 Å². The van der Waals surface area contributed by atoms with Gasteiger partial charge in [-0.15, -0.1) is 5.10 Å². The third kappa shape index (κ3) is 4.89. The first-order chi connectivity index (χ1) is 12.8. The van der Waals surface area contributed by atoms with Crippen LogP contribution in [0.15, 0.2) is 58.2 Å². The molecule has 1 N–H and O–H groups in total. The lowest BCUT2D eigenvalue weighted by Gasteiger charge is -2.02. The summed E-state index contributed by atoms with van der Waals surface area (Å²) in [5.74, 6) is -1.37. The molecule has 27 heavy (non-hydrogen) atoms. The second kappa shape index (κ2) is 7.85. The molecular formula is C17H13ClFN3O4S. The fraction of sp³-hybridized carbons (Fsp3) is 0.118. The average molecular weight is 410 g/mol. The van der Waals surface area contributed by atoms with E-state index in [0.29, 0.717) is 10.6 Å². The van der Waals surface area contributed by atoms with E-state index >= 15 is 0 Å². The molecule has 0 spiro atoms. The molecule has 0 saturated carbocycles.